The van der Waals surface area contributed by atoms with Gasteiger partial charge in [-0.2, -0.15) is 0 Å². The van der Waals surface area contributed by atoms with Crippen LogP contribution in [0.2, 0.25) is 0 Å². The van der Waals surface area contributed by atoms with E-state index in [0.29, 0.717) is 5.92 Å². The largest absolute Gasteiger partial charge is 0.256 e. The highest BCUT2D eigenvalue weighted by molar-refractivity contribution is 5.73. The highest BCUT2D eigenvalue weighted by atomic mass is 14.7. The zero-order valence-corrected chi connectivity index (χ0v) is 13.4. The molecule has 0 aliphatic carbocycles. The minimum Gasteiger partial charge on any atom is -0.256 e. The summed E-state index contributed by atoms with van der Waals surface area (Å²) in [6, 6.07) is 21.4. The van der Waals surface area contributed by atoms with E-state index in [4.69, 9.17) is 0 Å². The molecule has 3 rings (SSSR count). The Morgan fingerprint density at radius 3 is 2.23 bits per heavy atom. The summed E-state index contributed by atoms with van der Waals surface area (Å²) >= 11 is 0. The van der Waals surface area contributed by atoms with Gasteiger partial charge in [0.05, 0.1) is 5.69 Å². The molecule has 3 aromatic rings. The van der Waals surface area contributed by atoms with E-state index in [9.17, 15) is 0 Å². The predicted molar refractivity (Wildman–Crippen MR) is 93.9 cm³/mol. The molecule has 0 saturated heterocycles. The summed E-state index contributed by atoms with van der Waals surface area (Å²) in [6.07, 6.45) is 1.99. The Labute approximate surface area is 132 Å². The highest BCUT2D eigenvalue weighted by Crippen LogP contribution is 2.28. The van der Waals surface area contributed by atoms with Crippen molar-refractivity contribution in [2.24, 2.45) is 0 Å². The van der Waals surface area contributed by atoms with Crippen LogP contribution in [-0.2, 0) is 0 Å². The van der Waals surface area contributed by atoms with Crippen molar-refractivity contribution >= 4 is 0 Å². The van der Waals surface area contributed by atoms with Crippen LogP contribution < -0.4 is 0 Å². The first kappa shape index (κ1) is 14.5. The molecular formula is C21H21N. The normalized spacial score (nSPS) is 10.9. The first-order chi connectivity index (χ1) is 10.6. The maximum atomic E-state index is 4.67. The summed E-state index contributed by atoms with van der Waals surface area (Å²) in [5.41, 5.74) is 7.25. The Balaban J connectivity index is 2.03. The zero-order chi connectivity index (χ0) is 15.5. The minimum atomic E-state index is 0.512. The molecule has 0 fully saturated rings. The lowest BCUT2D eigenvalue weighted by Gasteiger charge is -2.10. The number of nitrogens with zero attached hydrogens (tertiary/aromatic N) is 1. The molecule has 0 radical (unpaired) electrons. The van der Waals surface area contributed by atoms with E-state index in [-0.39, 0.29) is 0 Å². The standard InChI is InChI=1S/C21H21N/c1-15(2)19-11-12-21(22-14-19)20-13-18(10-9-16(20)3)17-7-5-4-6-8-17/h4-15H,1-3H3. The molecule has 2 aromatic carbocycles. The molecule has 0 saturated carbocycles. The Morgan fingerprint density at radius 2 is 1.59 bits per heavy atom. The summed E-state index contributed by atoms with van der Waals surface area (Å²) < 4.78 is 0. The molecular weight excluding hydrogens is 266 g/mol. The Kier molecular flexibility index (Phi) is 4.06. The Morgan fingerprint density at radius 1 is 0.818 bits per heavy atom. The molecule has 0 spiro atoms. The summed E-state index contributed by atoms with van der Waals surface area (Å²) in [4.78, 5) is 4.67. The van der Waals surface area contributed by atoms with E-state index in [1.54, 1.807) is 0 Å². The molecule has 0 atom stereocenters. The average molecular weight is 287 g/mol. The van der Waals surface area contributed by atoms with Gasteiger partial charge in [0, 0.05) is 11.8 Å². The third-order valence-electron chi connectivity index (χ3n) is 4.07. The molecule has 0 bridgehead atoms. The molecule has 1 heterocycles. The lowest BCUT2D eigenvalue weighted by Crippen LogP contribution is -1.92. The lowest BCUT2D eigenvalue weighted by atomic mass is 9.97. The fourth-order valence-electron chi connectivity index (χ4n) is 2.61. The fourth-order valence-corrected chi connectivity index (χ4v) is 2.61. The van der Waals surface area contributed by atoms with Crippen molar-refractivity contribution in [3.05, 3.63) is 78.0 Å². The van der Waals surface area contributed by atoms with E-state index in [0.717, 1.165) is 5.69 Å². The molecule has 0 unspecified atom stereocenters. The van der Waals surface area contributed by atoms with Crippen molar-refractivity contribution in [2.45, 2.75) is 26.7 Å². The zero-order valence-electron chi connectivity index (χ0n) is 13.4. The van der Waals surface area contributed by atoms with Crippen molar-refractivity contribution < 1.29 is 0 Å². The van der Waals surface area contributed by atoms with Gasteiger partial charge in [0.1, 0.15) is 0 Å². The van der Waals surface area contributed by atoms with E-state index in [1.165, 1.54) is 27.8 Å². The summed E-state index contributed by atoms with van der Waals surface area (Å²) in [5.74, 6) is 0.512. The Bertz CT molecular complexity index is 756. The van der Waals surface area contributed by atoms with Crippen LogP contribution in [0, 0.1) is 6.92 Å². The number of hydrogen-bond donors (Lipinski definition) is 0. The SMILES string of the molecule is Cc1ccc(-c2ccccc2)cc1-c1ccc(C(C)C)cn1. The second-order valence-electron chi connectivity index (χ2n) is 6.03. The quantitative estimate of drug-likeness (QED) is 0.589. The van der Waals surface area contributed by atoms with E-state index >= 15 is 0 Å². The van der Waals surface area contributed by atoms with Crippen LogP contribution in [0.3, 0.4) is 0 Å². The lowest BCUT2D eigenvalue weighted by molar-refractivity contribution is 0.859. The summed E-state index contributed by atoms with van der Waals surface area (Å²) in [6.45, 7) is 6.53. The molecule has 1 heteroatoms. The van der Waals surface area contributed by atoms with Crippen LogP contribution in [0.1, 0.15) is 30.9 Å². The predicted octanol–water partition coefficient (Wildman–Crippen LogP) is 5.85. The number of aryl methyl sites for hydroxylation is 1. The molecule has 1 nitrogen and oxygen atoms in total. The Hall–Kier alpha value is -2.41. The van der Waals surface area contributed by atoms with E-state index in [2.05, 4.69) is 80.4 Å². The summed E-state index contributed by atoms with van der Waals surface area (Å²) in [5, 5.41) is 0. The molecule has 0 amide bonds. The van der Waals surface area contributed by atoms with Gasteiger partial charge >= 0.3 is 0 Å². The van der Waals surface area contributed by atoms with Gasteiger partial charge in [0.25, 0.3) is 0 Å². The number of aromatic nitrogens is 1. The van der Waals surface area contributed by atoms with Gasteiger partial charge in [-0.25, -0.2) is 0 Å². The van der Waals surface area contributed by atoms with Crippen molar-refractivity contribution in [3.63, 3.8) is 0 Å². The smallest absolute Gasteiger partial charge is 0.0705 e. The van der Waals surface area contributed by atoms with Crippen LogP contribution in [0.15, 0.2) is 66.9 Å². The van der Waals surface area contributed by atoms with Gasteiger partial charge in [-0.15, -0.1) is 0 Å². The fraction of sp³-hybridized carbons (Fsp3) is 0.190. The van der Waals surface area contributed by atoms with Crippen LogP contribution in [0.5, 0.6) is 0 Å². The molecule has 1 aromatic heterocycles. The molecule has 0 aliphatic rings. The average Bonchev–Trinajstić information content (AvgIpc) is 2.56. The van der Waals surface area contributed by atoms with Gasteiger partial charge in [-0.3, -0.25) is 4.98 Å². The first-order valence-corrected chi connectivity index (χ1v) is 7.77. The second kappa shape index (κ2) is 6.15. The number of benzene rings is 2. The van der Waals surface area contributed by atoms with Gasteiger partial charge in [0.15, 0.2) is 0 Å². The van der Waals surface area contributed by atoms with Crippen LogP contribution >= 0.6 is 0 Å². The maximum absolute atomic E-state index is 4.67. The van der Waals surface area contributed by atoms with Gasteiger partial charge in [0.2, 0.25) is 0 Å². The molecule has 0 aliphatic heterocycles. The minimum absolute atomic E-state index is 0.512. The van der Waals surface area contributed by atoms with Crippen LogP contribution in [-0.4, -0.2) is 4.98 Å². The van der Waals surface area contributed by atoms with Crippen molar-refractivity contribution in [2.75, 3.05) is 0 Å². The van der Waals surface area contributed by atoms with E-state index < -0.39 is 0 Å². The van der Waals surface area contributed by atoms with Gasteiger partial charge < -0.3 is 0 Å². The number of hydrogen-bond acceptors (Lipinski definition) is 1. The molecule has 0 N–H and O–H groups in total. The topological polar surface area (TPSA) is 12.9 Å². The number of rotatable bonds is 3. The third-order valence-corrected chi connectivity index (χ3v) is 4.07. The second-order valence-corrected chi connectivity index (χ2v) is 6.03. The van der Waals surface area contributed by atoms with Crippen LogP contribution in [0.25, 0.3) is 22.4 Å². The van der Waals surface area contributed by atoms with E-state index in [1.807, 2.05) is 12.3 Å². The summed E-state index contributed by atoms with van der Waals surface area (Å²) in [7, 11) is 0. The molecule has 22 heavy (non-hydrogen) atoms. The number of pyridine rings is 1. The molecule has 110 valence electrons. The van der Waals surface area contributed by atoms with Gasteiger partial charge in [-0.1, -0.05) is 62.4 Å². The van der Waals surface area contributed by atoms with Crippen LogP contribution in [0.4, 0.5) is 0 Å². The first-order valence-electron chi connectivity index (χ1n) is 7.77. The van der Waals surface area contributed by atoms with Crippen molar-refractivity contribution in [1.82, 2.24) is 4.98 Å². The third kappa shape index (κ3) is 2.94. The van der Waals surface area contributed by atoms with Gasteiger partial charge in [-0.05, 0) is 47.2 Å². The van der Waals surface area contributed by atoms with Crippen molar-refractivity contribution in [1.29, 1.82) is 0 Å². The van der Waals surface area contributed by atoms with Crippen molar-refractivity contribution in [3.8, 4) is 22.4 Å². The monoisotopic (exact) mass is 287 g/mol. The maximum Gasteiger partial charge on any atom is 0.0705 e. The highest BCUT2D eigenvalue weighted by Gasteiger charge is 2.07.